The van der Waals surface area contributed by atoms with Crippen LogP contribution in [0.1, 0.15) is 39.0 Å². The Balaban J connectivity index is 2.15. The van der Waals surface area contributed by atoms with Gasteiger partial charge in [0.1, 0.15) is 0 Å². The summed E-state index contributed by atoms with van der Waals surface area (Å²) < 4.78 is 0. The monoisotopic (exact) mass is 191 g/mol. The molecule has 1 nitrogen and oxygen atoms in total. The van der Waals surface area contributed by atoms with E-state index in [0.29, 0.717) is 17.4 Å². The molecule has 3 unspecified atom stereocenters. The summed E-state index contributed by atoms with van der Waals surface area (Å²) in [5.41, 5.74) is 6.64. The molecule has 0 radical (unpaired) electrons. The summed E-state index contributed by atoms with van der Waals surface area (Å²) in [5, 5.41) is 0. The molecule has 0 bridgehead atoms. The van der Waals surface area contributed by atoms with Gasteiger partial charge in [-0.1, -0.05) is 31.2 Å². The van der Waals surface area contributed by atoms with Gasteiger partial charge in [0.15, 0.2) is 0 Å². The Kier molecular flexibility index (Phi) is 2.78. The standard InChI is InChI=1S/C13H21N/c1-13(9-5-2-6-10-13)11-7-3-4-8-12(11)14/h2-3,5,7,11-12H,4,6,8-10,14H2,1H3. The molecule has 2 aliphatic carbocycles. The SMILES string of the molecule is CC1(C2C=CCCC2N)CC=CCC1. The molecule has 0 amide bonds. The minimum Gasteiger partial charge on any atom is -0.327 e. The number of allylic oxidation sites excluding steroid dienone is 3. The lowest BCUT2D eigenvalue weighted by Gasteiger charge is -2.42. The Hall–Kier alpha value is -0.560. The summed E-state index contributed by atoms with van der Waals surface area (Å²) in [6, 6.07) is 0.386. The van der Waals surface area contributed by atoms with E-state index in [4.69, 9.17) is 5.73 Å². The van der Waals surface area contributed by atoms with Gasteiger partial charge < -0.3 is 5.73 Å². The number of hydrogen-bond acceptors (Lipinski definition) is 1. The molecular formula is C13H21N. The highest BCUT2D eigenvalue weighted by atomic mass is 14.7. The highest BCUT2D eigenvalue weighted by Gasteiger charge is 2.36. The van der Waals surface area contributed by atoms with Gasteiger partial charge in [0.05, 0.1) is 0 Å². The van der Waals surface area contributed by atoms with Gasteiger partial charge >= 0.3 is 0 Å². The first-order valence-corrected chi connectivity index (χ1v) is 5.80. The van der Waals surface area contributed by atoms with Crippen LogP contribution in [0.3, 0.4) is 0 Å². The molecule has 0 aliphatic heterocycles. The predicted molar refractivity (Wildman–Crippen MR) is 60.9 cm³/mol. The zero-order valence-electron chi connectivity index (χ0n) is 9.08. The smallest absolute Gasteiger partial charge is 0.0110 e. The van der Waals surface area contributed by atoms with E-state index in [9.17, 15) is 0 Å². The maximum absolute atomic E-state index is 6.22. The third-order valence-corrected chi connectivity index (χ3v) is 3.91. The molecule has 0 spiro atoms. The number of hydrogen-bond donors (Lipinski definition) is 1. The van der Waals surface area contributed by atoms with Gasteiger partial charge in [0.25, 0.3) is 0 Å². The van der Waals surface area contributed by atoms with Crippen LogP contribution in [0.5, 0.6) is 0 Å². The van der Waals surface area contributed by atoms with E-state index in [1.54, 1.807) is 0 Å². The van der Waals surface area contributed by atoms with Gasteiger partial charge in [-0.05, 0) is 43.4 Å². The highest BCUT2D eigenvalue weighted by Crippen LogP contribution is 2.43. The molecule has 1 heteroatoms. The van der Waals surface area contributed by atoms with Crippen LogP contribution in [0, 0.1) is 11.3 Å². The van der Waals surface area contributed by atoms with Crippen LogP contribution in [0.4, 0.5) is 0 Å². The van der Waals surface area contributed by atoms with E-state index in [2.05, 4.69) is 31.2 Å². The molecule has 0 saturated heterocycles. The second-order valence-corrected chi connectivity index (χ2v) is 5.06. The van der Waals surface area contributed by atoms with Gasteiger partial charge in [-0.2, -0.15) is 0 Å². The Morgan fingerprint density at radius 3 is 2.71 bits per heavy atom. The quantitative estimate of drug-likeness (QED) is 0.633. The summed E-state index contributed by atoms with van der Waals surface area (Å²) in [5.74, 6) is 0.598. The topological polar surface area (TPSA) is 26.0 Å². The number of nitrogens with two attached hydrogens (primary N) is 1. The van der Waals surface area contributed by atoms with E-state index in [1.165, 1.54) is 32.1 Å². The van der Waals surface area contributed by atoms with E-state index in [1.807, 2.05) is 0 Å². The van der Waals surface area contributed by atoms with Gasteiger partial charge in [-0.25, -0.2) is 0 Å². The van der Waals surface area contributed by atoms with Crippen molar-refractivity contribution in [3.8, 4) is 0 Å². The zero-order chi connectivity index (χ0) is 10.0. The molecule has 78 valence electrons. The van der Waals surface area contributed by atoms with Crippen molar-refractivity contribution in [2.24, 2.45) is 17.1 Å². The molecule has 2 N–H and O–H groups in total. The molecular weight excluding hydrogens is 170 g/mol. The van der Waals surface area contributed by atoms with Crippen LogP contribution >= 0.6 is 0 Å². The average Bonchev–Trinajstić information content (AvgIpc) is 2.19. The minimum absolute atomic E-state index is 0.386. The van der Waals surface area contributed by atoms with Crippen LogP contribution in [-0.4, -0.2) is 6.04 Å². The van der Waals surface area contributed by atoms with Crippen molar-refractivity contribution in [1.29, 1.82) is 0 Å². The third-order valence-electron chi connectivity index (χ3n) is 3.91. The van der Waals surface area contributed by atoms with Crippen molar-refractivity contribution in [2.45, 2.75) is 45.1 Å². The van der Waals surface area contributed by atoms with Gasteiger partial charge in [-0.15, -0.1) is 0 Å². The van der Waals surface area contributed by atoms with Crippen molar-refractivity contribution >= 4 is 0 Å². The third kappa shape index (κ3) is 1.78. The lowest BCUT2D eigenvalue weighted by atomic mass is 9.65. The molecule has 0 aromatic carbocycles. The van der Waals surface area contributed by atoms with Gasteiger partial charge in [0.2, 0.25) is 0 Å². The molecule has 2 rings (SSSR count). The van der Waals surface area contributed by atoms with Crippen molar-refractivity contribution < 1.29 is 0 Å². The van der Waals surface area contributed by atoms with Crippen LogP contribution in [0.25, 0.3) is 0 Å². The van der Waals surface area contributed by atoms with E-state index < -0.39 is 0 Å². The van der Waals surface area contributed by atoms with E-state index >= 15 is 0 Å². The van der Waals surface area contributed by atoms with Gasteiger partial charge in [0, 0.05) is 6.04 Å². The Bertz CT molecular complexity index is 254. The largest absolute Gasteiger partial charge is 0.327 e. The Morgan fingerprint density at radius 2 is 2.07 bits per heavy atom. The predicted octanol–water partition coefficient (Wildman–Crippen LogP) is 3.03. The van der Waals surface area contributed by atoms with Crippen molar-refractivity contribution in [3.05, 3.63) is 24.3 Å². The van der Waals surface area contributed by atoms with Crippen LogP contribution < -0.4 is 5.73 Å². The molecule has 0 heterocycles. The maximum Gasteiger partial charge on any atom is 0.0110 e. The fourth-order valence-corrected chi connectivity index (χ4v) is 2.89. The van der Waals surface area contributed by atoms with Crippen molar-refractivity contribution in [2.75, 3.05) is 0 Å². The Morgan fingerprint density at radius 1 is 1.21 bits per heavy atom. The molecule has 0 aromatic rings. The molecule has 0 saturated carbocycles. The lowest BCUT2D eigenvalue weighted by Crippen LogP contribution is -2.41. The lowest BCUT2D eigenvalue weighted by molar-refractivity contribution is 0.169. The zero-order valence-corrected chi connectivity index (χ0v) is 9.08. The second-order valence-electron chi connectivity index (χ2n) is 5.06. The summed E-state index contributed by atoms with van der Waals surface area (Å²) in [6.45, 7) is 2.40. The van der Waals surface area contributed by atoms with Crippen LogP contribution in [0.15, 0.2) is 24.3 Å². The van der Waals surface area contributed by atoms with Crippen LogP contribution in [-0.2, 0) is 0 Å². The van der Waals surface area contributed by atoms with Crippen LogP contribution in [0.2, 0.25) is 0 Å². The molecule has 0 fully saturated rings. The minimum atomic E-state index is 0.386. The molecule has 3 atom stereocenters. The molecule has 0 aromatic heterocycles. The fourth-order valence-electron chi connectivity index (χ4n) is 2.89. The summed E-state index contributed by atoms with van der Waals surface area (Å²) >= 11 is 0. The van der Waals surface area contributed by atoms with Gasteiger partial charge in [-0.3, -0.25) is 0 Å². The summed E-state index contributed by atoms with van der Waals surface area (Å²) in [4.78, 5) is 0. The first-order valence-electron chi connectivity index (χ1n) is 5.80. The second kappa shape index (κ2) is 3.90. The van der Waals surface area contributed by atoms with E-state index in [-0.39, 0.29) is 0 Å². The number of rotatable bonds is 1. The summed E-state index contributed by atoms with van der Waals surface area (Å²) in [6.07, 6.45) is 15.4. The molecule has 2 aliphatic rings. The first-order chi connectivity index (χ1) is 6.72. The Labute approximate surface area is 87.1 Å². The van der Waals surface area contributed by atoms with E-state index in [0.717, 1.165) is 0 Å². The molecule has 14 heavy (non-hydrogen) atoms. The summed E-state index contributed by atoms with van der Waals surface area (Å²) in [7, 11) is 0. The van der Waals surface area contributed by atoms with Crippen molar-refractivity contribution in [1.82, 2.24) is 0 Å². The fraction of sp³-hybridized carbons (Fsp3) is 0.692. The maximum atomic E-state index is 6.22. The van der Waals surface area contributed by atoms with Crippen molar-refractivity contribution in [3.63, 3.8) is 0 Å². The average molecular weight is 191 g/mol. The first kappa shape index (κ1) is 9.97. The highest BCUT2D eigenvalue weighted by molar-refractivity contribution is 5.09. The normalized spacial score (nSPS) is 42.7.